The summed E-state index contributed by atoms with van der Waals surface area (Å²) in [6, 6.07) is 8.08. The number of carbonyl (C=O) groups is 1. The van der Waals surface area contributed by atoms with Gasteiger partial charge in [-0.3, -0.25) is 19.2 Å². The zero-order chi connectivity index (χ0) is 33.9. The molecule has 3 aromatic rings. The molecule has 0 radical (unpaired) electrons. The highest BCUT2D eigenvalue weighted by Gasteiger charge is 2.32. The van der Waals surface area contributed by atoms with Gasteiger partial charge in [-0.05, 0) is 54.8 Å². The number of halogens is 6. The molecule has 0 saturated carbocycles. The lowest BCUT2D eigenvalue weighted by Crippen LogP contribution is -2.36. The van der Waals surface area contributed by atoms with Gasteiger partial charge in [0.15, 0.2) is 0 Å². The lowest BCUT2D eigenvalue weighted by molar-refractivity contribution is -0.125. The molecule has 1 aromatic heterocycles. The highest BCUT2D eigenvalue weighted by molar-refractivity contribution is 6.31. The van der Waals surface area contributed by atoms with E-state index < -0.39 is 47.3 Å². The number of nitrogens with two attached hydrogens (primary N) is 2. The van der Waals surface area contributed by atoms with Gasteiger partial charge >= 0.3 is 6.18 Å². The molecule has 1 aliphatic heterocycles. The minimum atomic E-state index is -4.85. The van der Waals surface area contributed by atoms with E-state index in [1.54, 1.807) is 6.07 Å². The van der Waals surface area contributed by atoms with Crippen LogP contribution in [0.5, 0.6) is 0 Å². The smallest absolute Gasteiger partial charge is 0.393 e. The van der Waals surface area contributed by atoms with E-state index in [2.05, 4.69) is 15.6 Å². The molecule has 3 unspecified atom stereocenters. The number of fused-ring (bicyclic) bond motifs is 2. The number of nitrogens with one attached hydrogen (secondary N) is 3. The largest absolute Gasteiger partial charge is 0.432 e. The second-order valence-electron chi connectivity index (χ2n) is 10.5. The van der Waals surface area contributed by atoms with Crippen molar-refractivity contribution >= 4 is 35.1 Å². The van der Waals surface area contributed by atoms with Crippen LogP contribution < -0.4 is 32.8 Å². The number of hydrogen-bond acceptors (Lipinski definition) is 8. The van der Waals surface area contributed by atoms with Gasteiger partial charge in [0.1, 0.15) is 17.7 Å². The molecule has 0 fully saturated rings. The zero-order valence-electron chi connectivity index (χ0n) is 24.5. The summed E-state index contributed by atoms with van der Waals surface area (Å²) in [4.78, 5) is 30.8. The Labute approximate surface area is 265 Å². The maximum atomic E-state index is 15.3. The van der Waals surface area contributed by atoms with E-state index in [4.69, 9.17) is 28.6 Å². The fourth-order valence-electron chi connectivity index (χ4n) is 5.02. The molecule has 16 heteroatoms. The zero-order valence-corrected chi connectivity index (χ0v) is 25.3. The van der Waals surface area contributed by atoms with Gasteiger partial charge < -0.3 is 21.8 Å². The molecule has 7 N–H and O–H groups in total. The van der Waals surface area contributed by atoms with Crippen LogP contribution in [0, 0.1) is 17.1 Å². The fraction of sp³-hybridized carbons (Fsp3) is 0.267. The van der Waals surface area contributed by atoms with Gasteiger partial charge in [-0.15, -0.1) is 0 Å². The Morgan fingerprint density at radius 3 is 2.54 bits per heavy atom. The third-order valence-electron chi connectivity index (χ3n) is 7.48. The molecule has 4 rings (SSSR count). The lowest BCUT2D eigenvalue weighted by atomic mass is 9.92. The van der Waals surface area contributed by atoms with Crippen LogP contribution in [-0.4, -0.2) is 41.1 Å². The standard InChI is InChI=1S/C30H30ClF5N8O2/c1-15-21(33)4-6-24(16-7-17(9-19(32)8-16)28(40-2)23(12-37)42-29(15)46)43-14-41-22(11-27(43)45)20-10-18(31)3-5-25(20)44(39)13-26(38)30(34,35)36/h3,5,7-15,21,24,37,40H,4,6,38-39H2,1-2H3,(H,42,46)/b26-13-,28-23+,37-12?. The van der Waals surface area contributed by atoms with Gasteiger partial charge in [0.25, 0.3) is 5.56 Å². The average molecular weight is 665 g/mol. The van der Waals surface area contributed by atoms with Crippen LogP contribution in [0.3, 0.4) is 0 Å². The first kappa shape index (κ1) is 34.1. The van der Waals surface area contributed by atoms with E-state index in [0.29, 0.717) is 11.2 Å². The van der Waals surface area contributed by atoms with Crippen molar-refractivity contribution in [1.29, 1.82) is 5.41 Å². The van der Waals surface area contributed by atoms with E-state index in [0.717, 1.165) is 23.2 Å². The number of allylic oxidation sites excluding steroid dienone is 2. The molecule has 1 amide bonds. The van der Waals surface area contributed by atoms with Crippen molar-refractivity contribution in [1.82, 2.24) is 20.2 Å². The summed E-state index contributed by atoms with van der Waals surface area (Å²) >= 11 is 6.15. The summed E-state index contributed by atoms with van der Waals surface area (Å²) < 4.78 is 70.7. The van der Waals surface area contributed by atoms with E-state index in [-0.39, 0.29) is 57.3 Å². The average Bonchev–Trinajstić information content (AvgIpc) is 2.99. The maximum absolute atomic E-state index is 15.3. The number of benzene rings is 2. The molecule has 46 heavy (non-hydrogen) atoms. The van der Waals surface area contributed by atoms with Gasteiger partial charge in [0.05, 0.1) is 41.1 Å². The molecule has 3 atom stereocenters. The molecular weight excluding hydrogens is 635 g/mol. The van der Waals surface area contributed by atoms with Crippen LogP contribution in [0.4, 0.5) is 27.6 Å². The van der Waals surface area contributed by atoms with Gasteiger partial charge in [-0.25, -0.2) is 19.6 Å². The van der Waals surface area contributed by atoms with Gasteiger partial charge in [-0.1, -0.05) is 18.5 Å². The number of alkyl halides is 4. The summed E-state index contributed by atoms with van der Waals surface area (Å²) in [5.74, 6) is 3.37. The van der Waals surface area contributed by atoms with Crippen molar-refractivity contribution in [2.75, 3.05) is 12.1 Å². The summed E-state index contributed by atoms with van der Waals surface area (Å²) in [6.45, 7) is 1.39. The van der Waals surface area contributed by atoms with Crippen molar-refractivity contribution < 1.29 is 26.7 Å². The highest BCUT2D eigenvalue weighted by atomic mass is 35.5. The van der Waals surface area contributed by atoms with Gasteiger partial charge in [0.2, 0.25) is 5.91 Å². The Kier molecular flexibility index (Phi) is 10.2. The normalized spacial score (nSPS) is 21.1. The summed E-state index contributed by atoms with van der Waals surface area (Å²) in [6.07, 6.45) is -4.29. The molecule has 2 aromatic carbocycles. The van der Waals surface area contributed by atoms with E-state index in [9.17, 15) is 22.8 Å². The minimum absolute atomic E-state index is 0.00838. The third-order valence-corrected chi connectivity index (χ3v) is 7.71. The number of rotatable bonds is 6. The van der Waals surface area contributed by atoms with Crippen LogP contribution in [0.15, 0.2) is 71.2 Å². The van der Waals surface area contributed by atoms with Crippen molar-refractivity contribution in [3.8, 4) is 11.3 Å². The molecule has 0 aliphatic carbocycles. The lowest BCUT2D eigenvalue weighted by Gasteiger charge is -2.25. The molecule has 10 nitrogen and oxygen atoms in total. The first-order valence-electron chi connectivity index (χ1n) is 13.8. The van der Waals surface area contributed by atoms with Crippen LogP contribution >= 0.6 is 11.6 Å². The SMILES string of the molecule is CN/C1=C(\C=N)NC(=O)C(C)C(F)CCC(n2cnc(-c3cc(Cl)ccc3N(N)/C=C(\N)C(F)(F)F)cc2=O)c2cc(F)cc1c2. The van der Waals surface area contributed by atoms with Gasteiger partial charge in [0, 0.05) is 41.7 Å². The number of nitrogens with zero attached hydrogens (tertiary/aromatic N) is 3. The van der Waals surface area contributed by atoms with Crippen molar-refractivity contribution in [3.05, 3.63) is 98.7 Å². The van der Waals surface area contributed by atoms with Crippen LogP contribution in [0.2, 0.25) is 5.02 Å². The number of hydrazine groups is 1. The van der Waals surface area contributed by atoms with Crippen molar-refractivity contribution in [2.45, 2.75) is 38.2 Å². The molecule has 244 valence electrons. The number of anilines is 1. The minimum Gasteiger partial charge on any atom is -0.393 e. The second kappa shape index (κ2) is 13.7. The van der Waals surface area contributed by atoms with Gasteiger partial charge in [-0.2, -0.15) is 13.2 Å². The quantitative estimate of drug-likeness (QED) is 0.110. The second-order valence-corrected chi connectivity index (χ2v) is 11.0. The van der Waals surface area contributed by atoms with E-state index in [1.807, 2.05) is 0 Å². The first-order valence-corrected chi connectivity index (χ1v) is 14.2. The highest BCUT2D eigenvalue weighted by Crippen LogP contribution is 2.34. The Morgan fingerprint density at radius 2 is 1.91 bits per heavy atom. The molecule has 0 spiro atoms. The predicted molar refractivity (Wildman–Crippen MR) is 165 cm³/mol. The molecule has 2 bridgehead atoms. The number of aromatic nitrogens is 2. The Bertz CT molecular complexity index is 1770. The molecule has 2 heterocycles. The number of carbonyl (C=O) groups excluding carboxylic acids is 1. The van der Waals surface area contributed by atoms with E-state index in [1.165, 1.54) is 44.3 Å². The number of hydrogen-bond donors (Lipinski definition) is 5. The van der Waals surface area contributed by atoms with Crippen molar-refractivity contribution in [2.24, 2.45) is 17.5 Å². The summed E-state index contributed by atoms with van der Waals surface area (Å²) in [7, 11) is 1.51. The van der Waals surface area contributed by atoms with Crippen LogP contribution in [-0.2, 0) is 4.79 Å². The maximum Gasteiger partial charge on any atom is 0.432 e. The Morgan fingerprint density at radius 1 is 1.20 bits per heavy atom. The van der Waals surface area contributed by atoms with Crippen molar-refractivity contribution in [3.63, 3.8) is 0 Å². The Balaban J connectivity index is 1.86. The molecule has 0 saturated heterocycles. The monoisotopic (exact) mass is 664 g/mol. The van der Waals surface area contributed by atoms with Crippen LogP contribution in [0.1, 0.15) is 36.9 Å². The van der Waals surface area contributed by atoms with Crippen LogP contribution in [0.25, 0.3) is 17.0 Å². The summed E-state index contributed by atoms with van der Waals surface area (Å²) in [5.41, 5.74) is 3.76. The molecular formula is C30H30ClF5N8O2. The van der Waals surface area contributed by atoms with E-state index >= 15 is 8.78 Å². The predicted octanol–water partition coefficient (Wildman–Crippen LogP) is 4.76. The summed E-state index contributed by atoms with van der Waals surface area (Å²) in [5, 5.41) is 14.0. The topological polar surface area (TPSA) is 155 Å². The first-order chi connectivity index (χ1) is 21.6. The fourth-order valence-corrected chi connectivity index (χ4v) is 5.19. The third kappa shape index (κ3) is 7.37. The Hall–Kier alpha value is -4.76. The molecule has 1 aliphatic rings. The number of amides is 1.